The van der Waals surface area contributed by atoms with Gasteiger partial charge >= 0.3 is 0 Å². The van der Waals surface area contributed by atoms with Gasteiger partial charge in [0.2, 0.25) is 5.91 Å². The summed E-state index contributed by atoms with van der Waals surface area (Å²) < 4.78 is 13.2. The van der Waals surface area contributed by atoms with E-state index in [1.54, 1.807) is 23.2 Å². The van der Waals surface area contributed by atoms with Gasteiger partial charge in [0.15, 0.2) is 5.17 Å². The number of amidine groups is 1. The van der Waals surface area contributed by atoms with Crippen molar-refractivity contribution in [3.8, 4) is 0 Å². The molecule has 0 bridgehead atoms. The second-order valence-corrected chi connectivity index (χ2v) is 7.93. The van der Waals surface area contributed by atoms with E-state index in [-0.39, 0.29) is 17.0 Å². The number of benzene rings is 3. The standard InChI is InChI=1S/C23H20FN3OS/c1-2-21-22(28)27(15-16-10-12-19(24)13-11-16)23(29-21)26-25-14-18-8-5-7-17-6-3-4-9-20(17)18/h3-14,21H,2,15H2,1H3/b25-14+,26-23-. The minimum atomic E-state index is -0.295. The van der Waals surface area contributed by atoms with Crippen LogP contribution in [0, 0.1) is 5.82 Å². The van der Waals surface area contributed by atoms with E-state index in [2.05, 4.69) is 22.3 Å². The summed E-state index contributed by atoms with van der Waals surface area (Å²) in [6.45, 7) is 2.33. The molecule has 146 valence electrons. The van der Waals surface area contributed by atoms with E-state index in [1.165, 1.54) is 23.9 Å². The molecule has 0 aliphatic carbocycles. The number of nitrogens with zero attached hydrogens (tertiary/aromatic N) is 3. The molecule has 4 rings (SSSR count). The molecule has 1 aliphatic rings. The van der Waals surface area contributed by atoms with E-state index in [0.29, 0.717) is 11.7 Å². The Morgan fingerprint density at radius 2 is 1.83 bits per heavy atom. The second-order valence-electron chi connectivity index (χ2n) is 6.76. The lowest BCUT2D eigenvalue weighted by Crippen LogP contribution is -2.31. The van der Waals surface area contributed by atoms with Gasteiger partial charge in [-0.2, -0.15) is 5.10 Å². The summed E-state index contributed by atoms with van der Waals surface area (Å²) in [4.78, 5) is 14.4. The van der Waals surface area contributed by atoms with Crippen LogP contribution in [0.3, 0.4) is 0 Å². The molecule has 4 nitrogen and oxygen atoms in total. The highest BCUT2D eigenvalue weighted by molar-refractivity contribution is 8.15. The summed E-state index contributed by atoms with van der Waals surface area (Å²) in [7, 11) is 0. The van der Waals surface area contributed by atoms with E-state index in [0.717, 1.165) is 28.3 Å². The first-order valence-corrected chi connectivity index (χ1v) is 10.3. The maximum absolute atomic E-state index is 13.2. The molecule has 0 radical (unpaired) electrons. The Morgan fingerprint density at radius 3 is 2.62 bits per heavy atom. The molecular formula is C23H20FN3OS. The van der Waals surface area contributed by atoms with Crippen molar-refractivity contribution in [2.45, 2.75) is 25.1 Å². The Morgan fingerprint density at radius 1 is 1.07 bits per heavy atom. The lowest BCUT2D eigenvalue weighted by Gasteiger charge is -2.15. The summed E-state index contributed by atoms with van der Waals surface area (Å²) in [6, 6.07) is 20.3. The predicted octanol–water partition coefficient (Wildman–Crippen LogP) is 5.22. The first-order valence-electron chi connectivity index (χ1n) is 9.47. The van der Waals surface area contributed by atoms with E-state index >= 15 is 0 Å². The SMILES string of the molecule is CCC1S/C(=N\N=C\c2cccc3ccccc23)N(Cc2ccc(F)cc2)C1=O. The van der Waals surface area contributed by atoms with Crippen LogP contribution in [0.15, 0.2) is 76.9 Å². The van der Waals surface area contributed by atoms with Gasteiger partial charge in [-0.3, -0.25) is 9.69 Å². The molecule has 6 heteroatoms. The monoisotopic (exact) mass is 405 g/mol. The van der Waals surface area contributed by atoms with Crippen molar-refractivity contribution in [3.63, 3.8) is 0 Å². The van der Waals surface area contributed by atoms with Gasteiger partial charge in [-0.25, -0.2) is 4.39 Å². The zero-order valence-electron chi connectivity index (χ0n) is 16.0. The minimum absolute atomic E-state index is 0.0148. The fourth-order valence-corrected chi connectivity index (χ4v) is 4.29. The number of fused-ring (bicyclic) bond motifs is 1. The maximum Gasteiger partial charge on any atom is 0.242 e. The fourth-order valence-electron chi connectivity index (χ4n) is 3.27. The van der Waals surface area contributed by atoms with Crippen LogP contribution in [-0.4, -0.2) is 27.4 Å². The van der Waals surface area contributed by atoms with Crippen molar-refractivity contribution in [3.05, 3.63) is 83.7 Å². The van der Waals surface area contributed by atoms with Gasteiger partial charge in [0, 0.05) is 5.56 Å². The third kappa shape index (κ3) is 4.22. The summed E-state index contributed by atoms with van der Waals surface area (Å²) in [5.41, 5.74) is 1.82. The van der Waals surface area contributed by atoms with Crippen molar-refractivity contribution in [2.24, 2.45) is 10.2 Å². The number of rotatable bonds is 5. The molecule has 1 unspecified atom stereocenters. The highest BCUT2D eigenvalue weighted by Crippen LogP contribution is 2.31. The van der Waals surface area contributed by atoms with Crippen molar-refractivity contribution >= 4 is 39.8 Å². The van der Waals surface area contributed by atoms with Crippen LogP contribution >= 0.6 is 11.8 Å². The van der Waals surface area contributed by atoms with E-state index in [1.807, 2.05) is 37.3 Å². The zero-order chi connectivity index (χ0) is 20.2. The van der Waals surface area contributed by atoms with Crippen LogP contribution in [-0.2, 0) is 11.3 Å². The molecule has 1 fully saturated rings. The largest absolute Gasteiger partial charge is 0.284 e. The molecule has 3 aromatic rings. The average Bonchev–Trinajstić information content (AvgIpc) is 3.04. The topological polar surface area (TPSA) is 45.0 Å². The third-order valence-electron chi connectivity index (χ3n) is 4.81. The van der Waals surface area contributed by atoms with Gasteiger partial charge in [0.25, 0.3) is 0 Å². The molecular weight excluding hydrogens is 385 g/mol. The van der Waals surface area contributed by atoms with Gasteiger partial charge in [-0.05, 0) is 34.9 Å². The number of thioether (sulfide) groups is 1. The highest BCUT2D eigenvalue weighted by atomic mass is 32.2. The molecule has 1 atom stereocenters. The molecule has 0 aromatic heterocycles. The van der Waals surface area contributed by atoms with Crippen LogP contribution in [0.2, 0.25) is 0 Å². The van der Waals surface area contributed by atoms with Gasteiger partial charge in [-0.1, -0.05) is 73.3 Å². The molecule has 1 heterocycles. The van der Waals surface area contributed by atoms with Crippen LogP contribution < -0.4 is 0 Å². The number of carbonyl (C=O) groups is 1. The van der Waals surface area contributed by atoms with Gasteiger partial charge in [-0.15, -0.1) is 5.10 Å². The molecule has 0 spiro atoms. The quantitative estimate of drug-likeness (QED) is 0.431. The van der Waals surface area contributed by atoms with E-state index in [4.69, 9.17) is 0 Å². The van der Waals surface area contributed by atoms with Gasteiger partial charge in [0.1, 0.15) is 5.82 Å². The number of hydrogen-bond donors (Lipinski definition) is 0. The molecule has 29 heavy (non-hydrogen) atoms. The first kappa shape index (κ1) is 19.3. The van der Waals surface area contributed by atoms with Crippen molar-refractivity contribution in [1.82, 2.24) is 4.90 Å². The average molecular weight is 405 g/mol. The number of hydrogen-bond acceptors (Lipinski definition) is 4. The predicted molar refractivity (Wildman–Crippen MR) is 118 cm³/mol. The van der Waals surface area contributed by atoms with Crippen LogP contribution in [0.25, 0.3) is 10.8 Å². The lowest BCUT2D eigenvalue weighted by molar-refractivity contribution is -0.126. The third-order valence-corrected chi connectivity index (χ3v) is 6.14. The highest BCUT2D eigenvalue weighted by Gasteiger charge is 2.36. The molecule has 1 saturated heterocycles. The zero-order valence-corrected chi connectivity index (χ0v) is 16.8. The Kier molecular flexibility index (Phi) is 5.71. The van der Waals surface area contributed by atoms with Crippen molar-refractivity contribution in [1.29, 1.82) is 0 Å². The normalized spacial score (nSPS) is 18.4. The molecule has 1 amide bonds. The van der Waals surface area contributed by atoms with E-state index < -0.39 is 0 Å². The van der Waals surface area contributed by atoms with Crippen LogP contribution in [0.4, 0.5) is 4.39 Å². The maximum atomic E-state index is 13.2. The number of halogens is 1. The van der Waals surface area contributed by atoms with Gasteiger partial charge < -0.3 is 0 Å². The summed E-state index contributed by atoms with van der Waals surface area (Å²) in [6.07, 6.45) is 2.44. The summed E-state index contributed by atoms with van der Waals surface area (Å²) >= 11 is 1.43. The van der Waals surface area contributed by atoms with Crippen LogP contribution in [0.1, 0.15) is 24.5 Å². The Hall–Kier alpha value is -2.99. The number of carbonyl (C=O) groups excluding carboxylic acids is 1. The summed E-state index contributed by atoms with van der Waals surface area (Å²) in [5, 5.41) is 11.3. The molecule has 0 N–H and O–H groups in total. The fraction of sp³-hybridized carbons (Fsp3) is 0.174. The van der Waals surface area contributed by atoms with Crippen molar-refractivity contribution in [2.75, 3.05) is 0 Å². The molecule has 1 aliphatic heterocycles. The van der Waals surface area contributed by atoms with Crippen LogP contribution in [0.5, 0.6) is 0 Å². The smallest absolute Gasteiger partial charge is 0.242 e. The molecule has 0 saturated carbocycles. The Bertz CT molecular complexity index is 1090. The van der Waals surface area contributed by atoms with Crippen molar-refractivity contribution < 1.29 is 9.18 Å². The second kappa shape index (κ2) is 8.57. The van der Waals surface area contributed by atoms with Gasteiger partial charge in [0.05, 0.1) is 18.0 Å². The first-order chi connectivity index (χ1) is 14.2. The minimum Gasteiger partial charge on any atom is -0.284 e. The Balaban J connectivity index is 1.60. The Labute approximate surface area is 173 Å². The summed E-state index contributed by atoms with van der Waals surface area (Å²) in [5.74, 6) is -0.281. The van der Waals surface area contributed by atoms with E-state index in [9.17, 15) is 9.18 Å². The molecule has 3 aromatic carbocycles. The number of amides is 1. The lowest BCUT2D eigenvalue weighted by atomic mass is 10.1.